The second-order valence-electron chi connectivity index (χ2n) is 6.11. The molecule has 0 aromatic heterocycles. The Morgan fingerprint density at radius 1 is 0.733 bits per heavy atom. The van der Waals surface area contributed by atoms with Crippen LogP contribution in [-0.2, 0) is 6.18 Å². The highest BCUT2D eigenvalue weighted by molar-refractivity contribution is 5.99. The van der Waals surface area contributed by atoms with Crippen molar-refractivity contribution >= 4 is 23.4 Å². The van der Waals surface area contributed by atoms with Crippen LogP contribution in [-0.4, -0.2) is 17.1 Å². The summed E-state index contributed by atoms with van der Waals surface area (Å²) in [6, 6.07) is 15.7. The van der Waals surface area contributed by atoms with Crippen molar-refractivity contribution in [2.45, 2.75) is 6.18 Å². The summed E-state index contributed by atoms with van der Waals surface area (Å²) in [5.41, 5.74) is -0.0131. The Morgan fingerprint density at radius 3 is 1.60 bits per heavy atom. The summed E-state index contributed by atoms with van der Waals surface area (Å²) in [7, 11) is 0. The number of anilines is 2. The minimum atomic E-state index is -4.44. The number of urea groups is 1. The first kappa shape index (κ1) is 20.7. The van der Waals surface area contributed by atoms with E-state index in [1.165, 1.54) is 24.3 Å². The van der Waals surface area contributed by atoms with Crippen LogP contribution in [0.25, 0.3) is 0 Å². The van der Waals surface area contributed by atoms with Crippen LogP contribution in [0.15, 0.2) is 72.8 Å². The number of hydrogen-bond donors (Lipinski definition) is 3. The molecule has 3 aromatic rings. The van der Waals surface area contributed by atoms with Crippen molar-refractivity contribution in [1.82, 2.24) is 0 Å². The number of benzene rings is 3. The summed E-state index contributed by atoms with van der Waals surface area (Å²) in [5.74, 6) is -0.126. The molecule has 2 amide bonds. The molecule has 0 bridgehead atoms. The van der Waals surface area contributed by atoms with Gasteiger partial charge < -0.3 is 20.5 Å². The highest BCUT2D eigenvalue weighted by Gasteiger charge is 2.29. The van der Waals surface area contributed by atoms with Crippen LogP contribution in [0.5, 0.6) is 11.5 Å². The van der Waals surface area contributed by atoms with Gasteiger partial charge in [-0.15, -0.1) is 0 Å². The number of amides is 2. The van der Waals surface area contributed by atoms with Gasteiger partial charge in [0.1, 0.15) is 11.5 Å². The van der Waals surface area contributed by atoms with E-state index in [9.17, 15) is 22.8 Å². The lowest BCUT2D eigenvalue weighted by atomic mass is 10.2. The van der Waals surface area contributed by atoms with Crippen LogP contribution in [0, 0.1) is 0 Å². The van der Waals surface area contributed by atoms with Crippen LogP contribution < -0.4 is 15.4 Å². The zero-order valence-electron chi connectivity index (χ0n) is 15.2. The minimum Gasteiger partial charge on any atom is -0.478 e. The zero-order chi connectivity index (χ0) is 21.7. The highest BCUT2D eigenvalue weighted by atomic mass is 19.4. The van der Waals surface area contributed by atoms with Gasteiger partial charge in [0, 0.05) is 11.4 Å². The van der Waals surface area contributed by atoms with E-state index >= 15 is 0 Å². The van der Waals surface area contributed by atoms with Crippen molar-refractivity contribution in [2.75, 3.05) is 10.6 Å². The van der Waals surface area contributed by atoms with E-state index in [-0.39, 0.29) is 11.3 Å². The number of halogens is 3. The van der Waals surface area contributed by atoms with Gasteiger partial charge in [0.2, 0.25) is 0 Å². The van der Waals surface area contributed by atoms with Gasteiger partial charge in [-0.05, 0) is 72.8 Å². The molecule has 6 nitrogen and oxygen atoms in total. The molecule has 3 rings (SSSR count). The molecule has 0 heterocycles. The lowest BCUT2D eigenvalue weighted by Gasteiger charge is -2.10. The predicted molar refractivity (Wildman–Crippen MR) is 104 cm³/mol. The molecule has 0 radical (unpaired) electrons. The molecule has 0 spiro atoms. The van der Waals surface area contributed by atoms with E-state index in [0.29, 0.717) is 17.2 Å². The molecule has 3 aromatic carbocycles. The predicted octanol–water partition coefficient (Wildman–Crippen LogP) is 5.84. The van der Waals surface area contributed by atoms with E-state index in [1.807, 2.05) is 0 Å². The normalized spacial score (nSPS) is 10.9. The summed E-state index contributed by atoms with van der Waals surface area (Å²) in [4.78, 5) is 22.8. The number of alkyl halides is 3. The molecular weight excluding hydrogens is 401 g/mol. The first-order chi connectivity index (χ1) is 14.2. The summed E-state index contributed by atoms with van der Waals surface area (Å²) < 4.78 is 43.3. The third-order valence-corrected chi connectivity index (χ3v) is 3.92. The highest BCUT2D eigenvalue weighted by Crippen LogP contribution is 2.30. The summed E-state index contributed by atoms with van der Waals surface area (Å²) in [5, 5.41) is 13.9. The number of carboxylic acid groups (broad SMARTS) is 1. The van der Waals surface area contributed by atoms with Gasteiger partial charge in [-0.3, -0.25) is 0 Å². The molecule has 0 saturated heterocycles. The molecule has 0 fully saturated rings. The second kappa shape index (κ2) is 8.56. The Balaban J connectivity index is 1.56. The van der Waals surface area contributed by atoms with E-state index in [4.69, 9.17) is 9.84 Å². The van der Waals surface area contributed by atoms with Gasteiger partial charge in [0.05, 0.1) is 11.1 Å². The fourth-order valence-electron chi connectivity index (χ4n) is 2.44. The van der Waals surface area contributed by atoms with Gasteiger partial charge in [0.15, 0.2) is 0 Å². The average Bonchev–Trinajstić information content (AvgIpc) is 2.69. The molecule has 0 aliphatic heterocycles. The van der Waals surface area contributed by atoms with Crippen molar-refractivity contribution in [3.8, 4) is 11.5 Å². The Labute approximate surface area is 168 Å². The number of carboxylic acids is 1. The molecule has 0 unspecified atom stereocenters. The Kier molecular flexibility index (Phi) is 5.91. The van der Waals surface area contributed by atoms with Crippen LogP contribution in [0.4, 0.5) is 29.3 Å². The lowest BCUT2D eigenvalue weighted by Crippen LogP contribution is -2.19. The van der Waals surface area contributed by atoms with E-state index in [2.05, 4.69) is 10.6 Å². The topological polar surface area (TPSA) is 87.7 Å². The zero-order valence-corrected chi connectivity index (χ0v) is 15.2. The van der Waals surface area contributed by atoms with E-state index < -0.39 is 23.7 Å². The first-order valence-corrected chi connectivity index (χ1v) is 8.57. The number of rotatable bonds is 5. The van der Waals surface area contributed by atoms with E-state index in [1.54, 1.807) is 24.3 Å². The number of carbonyl (C=O) groups is 2. The monoisotopic (exact) mass is 416 g/mol. The van der Waals surface area contributed by atoms with E-state index in [0.717, 1.165) is 24.3 Å². The smallest absolute Gasteiger partial charge is 0.416 e. The number of carbonyl (C=O) groups excluding carboxylic acids is 1. The third-order valence-electron chi connectivity index (χ3n) is 3.92. The largest absolute Gasteiger partial charge is 0.478 e. The van der Waals surface area contributed by atoms with Gasteiger partial charge in [-0.2, -0.15) is 13.2 Å². The quantitative estimate of drug-likeness (QED) is 0.488. The molecule has 154 valence electrons. The maximum Gasteiger partial charge on any atom is 0.416 e. The Bertz CT molecular complexity index is 1030. The molecule has 3 N–H and O–H groups in total. The maximum absolute atomic E-state index is 12.6. The second-order valence-corrected chi connectivity index (χ2v) is 6.11. The Hall–Kier alpha value is -4.01. The summed E-state index contributed by atoms with van der Waals surface area (Å²) in [6.07, 6.45) is -4.44. The number of aromatic carboxylic acids is 1. The molecule has 30 heavy (non-hydrogen) atoms. The Morgan fingerprint density at radius 2 is 1.17 bits per heavy atom. The van der Waals surface area contributed by atoms with Crippen LogP contribution in [0.3, 0.4) is 0 Å². The molecule has 0 saturated carbocycles. The van der Waals surface area contributed by atoms with Gasteiger partial charge in [-0.1, -0.05) is 0 Å². The van der Waals surface area contributed by atoms with Crippen LogP contribution in [0.2, 0.25) is 0 Å². The standard InChI is InChI=1S/C21H15F3N2O4/c22-21(23,24)14-3-5-15(6-4-14)25-20(29)26-16-7-11-18(12-8-16)30-17-9-1-13(2-10-17)19(27)28/h1-12H,(H,27,28)(H2,25,26,29). The average molecular weight is 416 g/mol. The van der Waals surface area contributed by atoms with Crippen LogP contribution in [0.1, 0.15) is 15.9 Å². The maximum atomic E-state index is 12.6. The summed E-state index contributed by atoms with van der Waals surface area (Å²) >= 11 is 0. The van der Waals surface area contributed by atoms with Crippen molar-refractivity contribution in [1.29, 1.82) is 0 Å². The first-order valence-electron chi connectivity index (χ1n) is 8.57. The van der Waals surface area contributed by atoms with Gasteiger partial charge in [-0.25, -0.2) is 9.59 Å². The van der Waals surface area contributed by atoms with Crippen molar-refractivity contribution in [2.24, 2.45) is 0 Å². The number of hydrogen-bond acceptors (Lipinski definition) is 3. The molecule has 0 aliphatic carbocycles. The van der Waals surface area contributed by atoms with Crippen molar-refractivity contribution < 1.29 is 32.6 Å². The molecule has 0 atom stereocenters. The van der Waals surface area contributed by atoms with Crippen molar-refractivity contribution in [3.05, 3.63) is 83.9 Å². The number of ether oxygens (including phenoxy) is 1. The molecule has 0 aliphatic rings. The molecule has 9 heteroatoms. The van der Waals surface area contributed by atoms with Gasteiger partial charge >= 0.3 is 18.2 Å². The van der Waals surface area contributed by atoms with Gasteiger partial charge in [0.25, 0.3) is 0 Å². The molecular formula is C21H15F3N2O4. The fraction of sp³-hybridized carbons (Fsp3) is 0.0476. The minimum absolute atomic E-state index is 0.140. The third kappa shape index (κ3) is 5.51. The fourth-order valence-corrected chi connectivity index (χ4v) is 2.44. The number of nitrogens with one attached hydrogen (secondary N) is 2. The van der Waals surface area contributed by atoms with Crippen LogP contribution >= 0.6 is 0 Å². The SMILES string of the molecule is O=C(Nc1ccc(Oc2ccc(C(=O)O)cc2)cc1)Nc1ccc(C(F)(F)F)cc1. The summed E-state index contributed by atoms with van der Waals surface area (Å²) in [6.45, 7) is 0. The lowest BCUT2D eigenvalue weighted by molar-refractivity contribution is -0.137. The van der Waals surface area contributed by atoms with Crippen molar-refractivity contribution in [3.63, 3.8) is 0 Å².